The van der Waals surface area contributed by atoms with Gasteiger partial charge in [-0.1, -0.05) is 6.07 Å². The third-order valence-corrected chi connectivity index (χ3v) is 2.82. The number of rotatable bonds is 5. The van der Waals surface area contributed by atoms with Crippen molar-refractivity contribution in [1.29, 1.82) is 0 Å². The number of nitrogens with two attached hydrogens (primary N) is 1. The number of aliphatic carboxylic acids is 1. The average molecular weight is 297 g/mol. The van der Waals surface area contributed by atoms with Gasteiger partial charge >= 0.3 is 5.97 Å². The first kappa shape index (κ1) is 15.2. The zero-order valence-corrected chi connectivity index (χ0v) is 11.9. The fourth-order valence-electron chi connectivity index (χ4n) is 1.68. The Kier molecular flexibility index (Phi) is 4.87. The Balaban J connectivity index is 2.21. The van der Waals surface area contributed by atoms with Crippen molar-refractivity contribution in [1.82, 2.24) is 4.98 Å². The van der Waals surface area contributed by atoms with E-state index in [4.69, 9.17) is 15.6 Å². The number of aliphatic imine (C=N–C) groups is 1. The third kappa shape index (κ3) is 4.17. The summed E-state index contributed by atoms with van der Waals surface area (Å²) in [4.78, 5) is 18.9. The van der Waals surface area contributed by atoms with E-state index in [9.17, 15) is 4.79 Å². The summed E-state index contributed by atoms with van der Waals surface area (Å²) in [6.07, 6.45) is 5.71. The van der Waals surface area contributed by atoms with Crippen LogP contribution in [0.3, 0.4) is 0 Å². The third-order valence-electron chi connectivity index (χ3n) is 2.82. The Labute approximate surface area is 127 Å². The van der Waals surface area contributed by atoms with Crippen molar-refractivity contribution in [2.75, 3.05) is 12.8 Å². The maximum absolute atomic E-state index is 10.5. The quantitative estimate of drug-likeness (QED) is 0.502. The lowest BCUT2D eigenvalue weighted by Gasteiger charge is -2.02. The minimum Gasteiger partial charge on any atom is -0.495 e. The maximum Gasteiger partial charge on any atom is 0.328 e. The normalized spacial score (nSPS) is 11.1. The molecule has 0 aliphatic carbocycles. The van der Waals surface area contributed by atoms with Crippen molar-refractivity contribution < 1.29 is 14.6 Å². The summed E-state index contributed by atoms with van der Waals surface area (Å²) in [7, 11) is 1.57. The topological polar surface area (TPSA) is 97.8 Å². The number of hydrogen-bond donors (Lipinski definition) is 2. The van der Waals surface area contributed by atoms with Crippen LogP contribution in [0.25, 0.3) is 6.08 Å². The molecule has 6 nitrogen and oxygen atoms in total. The van der Waals surface area contributed by atoms with Gasteiger partial charge in [0.05, 0.1) is 13.3 Å². The summed E-state index contributed by atoms with van der Waals surface area (Å²) in [5, 5.41) is 8.64. The van der Waals surface area contributed by atoms with Crippen LogP contribution in [0.15, 0.2) is 47.6 Å². The Bertz CT molecular complexity index is 722. The molecular weight excluding hydrogens is 282 g/mol. The summed E-state index contributed by atoms with van der Waals surface area (Å²) in [6, 6.07) is 8.67. The number of nitrogen functional groups attached to an aromatic ring is 1. The molecule has 2 rings (SSSR count). The number of anilines is 1. The van der Waals surface area contributed by atoms with E-state index in [1.807, 2.05) is 0 Å². The zero-order chi connectivity index (χ0) is 15.9. The molecule has 0 radical (unpaired) electrons. The molecule has 2 aromatic rings. The zero-order valence-electron chi connectivity index (χ0n) is 11.9. The number of hydrogen-bond acceptors (Lipinski definition) is 5. The largest absolute Gasteiger partial charge is 0.495 e. The minimum atomic E-state index is -1.01. The van der Waals surface area contributed by atoms with Crippen molar-refractivity contribution in [3.63, 3.8) is 0 Å². The van der Waals surface area contributed by atoms with E-state index >= 15 is 0 Å². The highest BCUT2D eigenvalue weighted by molar-refractivity contribution is 5.90. The molecule has 0 saturated carbocycles. The summed E-state index contributed by atoms with van der Waals surface area (Å²) in [6.45, 7) is 0. The predicted octanol–water partition coefficient (Wildman–Crippen LogP) is 2.52. The van der Waals surface area contributed by atoms with E-state index in [0.717, 1.165) is 11.6 Å². The molecule has 1 aromatic heterocycles. The van der Waals surface area contributed by atoms with Crippen molar-refractivity contribution >= 4 is 29.8 Å². The fraction of sp³-hybridized carbons (Fsp3) is 0.0625. The molecule has 6 heteroatoms. The van der Waals surface area contributed by atoms with Crippen LogP contribution in [-0.2, 0) is 4.79 Å². The number of carboxylic acid groups (broad SMARTS) is 1. The summed E-state index contributed by atoms with van der Waals surface area (Å²) in [5.74, 6) is 0.167. The van der Waals surface area contributed by atoms with Crippen LogP contribution in [0.5, 0.6) is 5.75 Å². The molecule has 0 amide bonds. The average Bonchev–Trinajstić information content (AvgIpc) is 2.53. The Morgan fingerprint density at radius 1 is 1.36 bits per heavy atom. The van der Waals surface area contributed by atoms with E-state index in [1.54, 1.807) is 49.9 Å². The monoisotopic (exact) mass is 297 g/mol. The van der Waals surface area contributed by atoms with Crippen molar-refractivity contribution in [3.8, 4) is 5.75 Å². The van der Waals surface area contributed by atoms with Gasteiger partial charge in [-0.2, -0.15) is 0 Å². The summed E-state index contributed by atoms with van der Waals surface area (Å²) < 4.78 is 5.02. The smallest absolute Gasteiger partial charge is 0.328 e. The molecule has 0 fully saturated rings. The highest BCUT2D eigenvalue weighted by Gasteiger charge is 1.99. The number of pyridine rings is 1. The first-order chi connectivity index (χ1) is 10.6. The van der Waals surface area contributed by atoms with Crippen molar-refractivity contribution in [3.05, 3.63) is 53.7 Å². The van der Waals surface area contributed by atoms with Crippen LogP contribution >= 0.6 is 0 Å². The molecule has 0 atom stereocenters. The van der Waals surface area contributed by atoms with Crippen molar-refractivity contribution in [2.45, 2.75) is 0 Å². The fourth-order valence-corrected chi connectivity index (χ4v) is 1.68. The molecule has 22 heavy (non-hydrogen) atoms. The number of ether oxygens (including phenoxy) is 1. The van der Waals surface area contributed by atoms with E-state index in [0.29, 0.717) is 22.8 Å². The SMILES string of the molecule is COc1ccc(N=Cc2cc(/C=C/C(=O)O)ccc2N)nc1. The van der Waals surface area contributed by atoms with Gasteiger partial charge in [-0.25, -0.2) is 14.8 Å². The number of methoxy groups -OCH3 is 1. The second kappa shape index (κ2) is 7.03. The standard InChI is InChI=1S/C16H15N3O3/c1-22-13-4-6-15(19-10-13)18-9-12-8-11(2-5-14(12)17)3-7-16(20)21/h2-10H,17H2,1H3,(H,20,21)/b7-3+,18-9?. The molecule has 0 bridgehead atoms. The van der Waals surface area contributed by atoms with Gasteiger partial charge in [0.1, 0.15) is 5.75 Å². The predicted molar refractivity (Wildman–Crippen MR) is 85.6 cm³/mol. The Hall–Kier alpha value is -3.15. The van der Waals surface area contributed by atoms with Gasteiger partial charge in [0.15, 0.2) is 5.82 Å². The Morgan fingerprint density at radius 3 is 2.82 bits per heavy atom. The lowest BCUT2D eigenvalue weighted by atomic mass is 10.1. The van der Waals surface area contributed by atoms with Gasteiger partial charge in [0.25, 0.3) is 0 Å². The van der Waals surface area contributed by atoms with E-state index < -0.39 is 5.97 Å². The first-order valence-electron chi connectivity index (χ1n) is 6.43. The maximum atomic E-state index is 10.5. The van der Waals surface area contributed by atoms with E-state index in [2.05, 4.69) is 9.98 Å². The molecular formula is C16H15N3O3. The molecule has 0 unspecified atom stereocenters. The number of aromatic nitrogens is 1. The molecule has 1 aromatic carbocycles. The second-order valence-corrected chi connectivity index (χ2v) is 4.37. The Morgan fingerprint density at radius 2 is 2.18 bits per heavy atom. The molecule has 0 spiro atoms. The lowest BCUT2D eigenvalue weighted by Crippen LogP contribution is -1.94. The summed E-state index contributed by atoms with van der Waals surface area (Å²) >= 11 is 0. The molecule has 0 aliphatic heterocycles. The number of nitrogens with zero attached hydrogens (tertiary/aromatic N) is 2. The molecule has 3 N–H and O–H groups in total. The van der Waals surface area contributed by atoms with Crippen LogP contribution in [0, 0.1) is 0 Å². The lowest BCUT2D eigenvalue weighted by molar-refractivity contribution is -0.131. The van der Waals surface area contributed by atoms with E-state index in [-0.39, 0.29) is 0 Å². The van der Waals surface area contributed by atoms with E-state index in [1.165, 1.54) is 6.08 Å². The van der Waals surface area contributed by atoms with Crippen LogP contribution in [-0.4, -0.2) is 29.4 Å². The molecule has 0 aliphatic rings. The van der Waals surface area contributed by atoms with Gasteiger partial charge in [0.2, 0.25) is 0 Å². The van der Waals surface area contributed by atoms with Crippen LogP contribution in [0.1, 0.15) is 11.1 Å². The highest BCUT2D eigenvalue weighted by atomic mass is 16.5. The molecule has 1 heterocycles. The van der Waals surface area contributed by atoms with Gasteiger partial charge in [0, 0.05) is 23.5 Å². The molecule has 112 valence electrons. The number of carboxylic acids is 1. The highest BCUT2D eigenvalue weighted by Crippen LogP contribution is 2.17. The second-order valence-electron chi connectivity index (χ2n) is 4.37. The minimum absolute atomic E-state index is 0.520. The van der Waals surface area contributed by atoms with Crippen LogP contribution < -0.4 is 10.5 Å². The van der Waals surface area contributed by atoms with Gasteiger partial charge in [-0.3, -0.25) is 0 Å². The van der Waals surface area contributed by atoms with Crippen LogP contribution in [0.4, 0.5) is 11.5 Å². The van der Waals surface area contributed by atoms with Gasteiger partial charge in [-0.05, 0) is 35.9 Å². The number of carbonyl (C=O) groups is 1. The first-order valence-corrected chi connectivity index (χ1v) is 6.43. The van der Waals surface area contributed by atoms with Crippen molar-refractivity contribution in [2.24, 2.45) is 4.99 Å². The summed E-state index contributed by atoms with van der Waals surface area (Å²) in [5.41, 5.74) is 7.84. The van der Waals surface area contributed by atoms with Gasteiger partial charge in [-0.15, -0.1) is 0 Å². The number of benzene rings is 1. The van der Waals surface area contributed by atoms with Gasteiger partial charge < -0.3 is 15.6 Å². The van der Waals surface area contributed by atoms with Crippen LogP contribution in [0.2, 0.25) is 0 Å². The molecule has 0 saturated heterocycles.